The molecule has 0 aliphatic heterocycles. The van der Waals surface area contributed by atoms with Crippen LogP contribution in [0.25, 0.3) is 0 Å². The van der Waals surface area contributed by atoms with E-state index in [0.29, 0.717) is 5.56 Å². The van der Waals surface area contributed by atoms with E-state index in [1.165, 1.54) is 5.56 Å². The van der Waals surface area contributed by atoms with E-state index in [1.807, 2.05) is 71.4 Å². The lowest BCUT2D eigenvalue weighted by molar-refractivity contribution is 0.0936. The molecule has 3 aromatic carbocycles. The van der Waals surface area contributed by atoms with Crippen LogP contribution in [-0.4, -0.2) is 15.5 Å². The standard InChI is InChI=1S/C25H23N3O/c29-25(23-13-11-21(12-14-23)18-28-16-15-26-19-28)27-24(22-9-5-2-6-10-22)17-20-7-3-1-4-8-20/h1-16,19,24H,17-18H2,(H,27,29)/t24-/m1/s1. The Kier molecular flexibility index (Phi) is 5.81. The van der Waals surface area contributed by atoms with Gasteiger partial charge < -0.3 is 9.88 Å². The average molecular weight is 381 g/mol. The van der Waals surface area contributed by atoms with Crippen molar-refractivity contribution in [3.8, 4) is 0 Å². The van der Waals surface area contributed by atoms with Gasteiger partial charge in [-0.1, -0.05) is 72.8 Å². The molecule has 4 aromatic rings. The van der Waals surface area contributed by atoms with Crippen LogP contribution in [0, 0.1) is 0 Å². The fourth-order valence-corrected chi connectivity index (χ4v) is 3.38. The Bertz CT molecular complexity index is 1030. The summed E-state index contributed by atoms with van der Waals surface area (Å²) in [4.78, 5) is 17.0. The number of carbonyl (C=O) groups is 1. The van der Waals surface area contributed by atoms with Crippen molar-refractivity contribution >= 4 is 5.91 Å². The van der Waals surface area contributed by atoms with Crippen LogP contribution in [0.1, 0.15) is 33.1 Å². The van der Waals surface area contributed by atoms with Crippen LogP contribution in [0.5, 0.6) is 0 Å². The Morgan fingerprint density at radius 1 is 0.862 bits per heavy atom. The number of nitrogens with one attached hydrogen (secondary N) is 1. The van der Waals surface area contributed by atoms with Gasteiger partial charge in [0, 0.05) is 24.5 Å². The molecule has 1 amide bonds. The monoisotopic (exact) mass is 381 g/mol. The number of amides is 1. The maximum absolute atomic E-state index is 12.9. The van der Waals surface area contributed by atoms with E-state index in [9.17, 15) is 4.79 Å². The molecule has 0 radical (unpaired) electrons. The maximum Gasteiger partial charge on any atom is 0.251 e. The minimum absolute atomic E-state index is 0.0658. The van der Waals surface area contributed by atoms with Gasteiger partial charge in [0.25, 0.3) is 5.91 Å². The second kappa shape index (κ2) is 9.02. The normalized spacial score (nSPS) is 11.7. The van der Waals surface area contributed by atoms with Crippen LogP contribution in [0.15, 0.2) is 104 Å². The van der Waals surface area contributed by atoms with Crippen LogP contribution in [0.2, 0.25) is 0 Å². The first kappa shape index (κ1) is 18.7. The number of benzene rings is 3. The fraction of sp³-hybridized carbons (Fsp3) is 0.120. The third kappa shape index (κ3) is 4.99. The number of hydrogen-bond acceptors (Lipinski definition) is 2. The Labute approximate surface area is 170 Å². The lowest BCUT2D eigenvalue weighted by Gasteiger charge is -2.20. The second-order valence-corrected chi connectivity index (χ2v) is 7.06. The van der Waals surface area contributed by atoms with Crippen molar-refractivity contribution in [2.45, 2.75) is 19.0 Å². The molecule has 4 heteroatoms. The minimum atomic E-state index is -0.0864. The molecule has 0 aliphatic rings. The minimum Gasteiger partial charge on any atom is -0.345 e. The number of carbonyl (C=O) groups excluding carboxylic acids is 1. The molecule has 0 spiro atoms. The van der Waals surface area contributed by atoms with Gasteiger partial charge in [0.15, 0.2) is 0 Å². The summed E-state index contributed by atoms with van der Waals surface area (Å²) < 4.78 is 2.00. The van der Waals surface area contributed by atoms with Crippen molar-refractivity contribution in [2.24, 2.45) is 0 Å². The number of nitrogens with zero attached hydrogens (tertiary/aromatic N) is 2. The maximum atomic E-state index is 12.9. The highest BCUT2D eigenvalue weighted by Gasteiger charge is 2.16. The van der Waals surface area contributed by atoms with Crippen LogP contribution in [0.4, 0.5) is 0 Å². The summed E-state index contributed by atoms with van der Waals surface area (Å²) in [6.45, 7) is 0.739. The molecule has 1 atom stereocenters. The third-order valence-corrected chi connectivity index (χ3v) is 4.93. The Morgan fingerprint density at radius 3 is 2.21 bits per heavy atom. The fourth-order valence-electron chi connectivity index (χ4n) is 3.38. The molecule has 0 saturated heterocycles. The van der Waals surface area contributed by atoms with Gasteiger partial charge in [-0.25, -0.2) is 4.98 Å². The lowest BCUT2D eigenvalue weighted by atomic mass is 9.98. The largest absolute Gasteiger partial charge is 0.345 e. The van der Waals surface area contributed by atoms with Gasteiger partial charge in [-0.3, -0.25) is 4.79 Å². The number of hydrogen-bond donors (Lipinski definition) is 1. The SMILES string of the molecule is O=C(N[C@H](Cc1ccccc1)c1ccccc1)c1ccc(Cn2ccnc2)cc1. The van der Waals surface area contributed by atoms with E-state index in [2.05, 4.69) is 34.6 Å². The molecule has 0 bridgehead atoms. The second-order valence-electron chi connectivity index (χ2n) is 7.06. The van der Waals surface area contributed by atoms with Gasteiger partial charge in [0.1, 0.15) is 0 Å². The molecule has 0 aliphatic carbocycles. The van der Waals surface area contributed by atoms with Gasteiger partial charge in [-0.05, 0) is 35.2 Å². The first-order valence-corrected chi connectivity index (χ1v) is 9.72. The smallest absolute Gasteiger partial charge is 0.251 e. The Morgan fingerprint density at radius 2 is 1.55 bits per heavy atom. The van der Waals surface area contributed by atoms with Crippen LogP contribution < -0.4 is 5.32 Å². The van der Waals surface area contributed by atoms with E-state index in [1.54, 1.807) is 12.5 Å². The number of imidazole rings is 1. The molecule has 4 nitrogen and oxygen atoms in total. The van der Waals surface area contributed by atoms with Gasteiger partial charge in [-0.15, -0.1) is 0 Å². The van der Waals surface area contributed by atoms with Gasteiger partial charge in [0.05, 0.1) is 12.4 Å². The van der Waals surface area contributed by atoms with Crippen LogP contribution in [-0.2, 0) is 13.0 Å². The zero-order valence-corrected chi connectivity index (χ0v) is 16.1. The van der Waals surface area contributed by atoms with E-state index in [-0.39, 0.29) is 11.9 Å². The summed E-state index contributed by atoms with van der Waals surface area (Å²) in [5.74, 6) is -0.0658. The highest BCUT2D eigenvalue weighted by molar-refractivity contribution is 5.94. The van der Waals surface area contributed by atoms with Crippen molar-refractivity contribution in [3.05, 3.63) is 126 Å². The number of aromatic nitrogens is 2. The number of rotatable bonds is 7. The summed E-state index contributed by atoms with van der Waals surface area (Å²) in [6.07, 6.45) is 6.22. The van der Waals surface area contributed by atoms with Crippen LogP contribution >= 0.6 is 0 Å². The quantitative estimate of drug-likeness (QED) is 0.507. The van der Waals surface area contributed by atoms with Crippen molar-refractivity contribution in [1.29, 1.82) is 0 Å². The Balaban J connectivity index is 1.48. The molecule has 0 fully saturated rings. The molecule has 1 aromatic heterocycles. The predicted molar refractivity (Wildman–Crippen MR) is 115 cm³/mol. The Hall–Kier alpha value is -3.66. The summed E-state index contributed by atoms with van der Waals surface area (Å²) in [5.41, 5.74) is 4.08. The molecule has 29 heavy (non-hydrogen) atoms. The predicted octanol–water partition coefficient (Wildman–Crippen LogP) is 4.65. The van der Waals surface area contributed by atoms with Crippen molar-refractivity contribution in [3.63, 3.8) is 0 Å². The summed E-state index contributed by atoms with van der Waals surface area (Å²) in [5, 5.41) is 3.21. The molecule has 1 N–H and O–H groups in total. The summed E-state index contributed by atoms with van der Waals surface area (Å²) in [7, 11) is 0. The molecule has 144 valence electrons. The summed E-state index contributed by atoms with van der Waals surface area (Å²) in [6, 6.07) is 28.0. The highest BCUT2D eigenvalue weighted by Crippen LogP contribution is 2.19. The molecular formula is C25H23N3O. The third-order valence-electron chi connectivity index (χ3n) is 4.93. The molecular weight excluding hydrogens is 358 g/mol. The van der Waals surface area contributed by atoms with Gasteiger partial charge in [-0.2, -0.15) is 0 Å². The first-order chi connectivity index (χ1) is 14.3. The van der Waals surface area contributed by atoms with Gasteiger partial charge in [0.2, 0.25) is 0 Å². The zero-order chi connectivity index (χ0) is 19.9. The zero-order valence-electron chi connectivity index (χ0n) is 16.1. The molecule has 0 unspecified atom stereocenters. The highest BCUT2D eigenvalue weighted by atomic mass is 16.1. The average Bonchev–Trinajstić information content (AvgIpc) is 3.28. The van der Waals surface area contributed by atoms with Crippen LogP contribution in [0.3, 0.4) is 0 Å². The molecule has 4 rings (SSSR count). The van der Waals surface area contributed by atoms with E-state index in [0.717, 1.165) is 24.1 Å². The van der Waals surface area contributed by atoms with Crippen molar-refractivity contribution < 1.29 is 4.79 Å². The van der Waals surface area contributed by atoms with E-state index < -0.39 is 0 Å². The van der Waals surface area contributed by atoms with E-state index in [4.69, 9.17) is 0 Å². The first-order valence-electron chi connectivity index (χ1n) is 9.72. The van der Waals surface area contributed by atoms with E-state index >= 15 is 0 Å². The van der Waals surface area contributed by atoms with Gasteiger partial charge >= 0.3 is 0 Å². The van der Waals surface area contributed by atoms with Crippen molar-refractivity contribution in [2.75, 3.05) is 0 Å². The lowest BCUT2D eigenvalue weighted by Crippen LogP contribution is -2.30. The van der Waals surface area contributed by atoms with Crippen molar-refractivity contribution in [1.82, 2.24) is 14.9 Å². The molecule has 0 saturated carbocycles. The molecule has 1 heterocycles. The topological polar surface area (TPSA) is 46.9 Å². The summed E-state index contributed by atoms with van der Waals surface area (Å²) >= 11 is 0.